The van der Waals surface area contributed by atoms with Crippen molar-refractivity contribution in [3.63, 3.8) is 0 Å². The molecular weight excluding hydrogens is 534 g/mol. The Kier molecular flexibility index (Phi) is 7.55. The molecule has 5 rings (SSSR count). The van der Waals surface area contributed by atoms with Crippen LogP contribution in [0.25, 0.3) is 0 Å². The summed E-state index contributed by atoms with van der Waals surface area (Å²) in [6, 6.07) is 4.81. The van der Waals surface area contributed by atoms with Gasteiger partial charge in [0.1, 0.15) is 12.3 Å². The molecule has 210 valence electrons. The van der Waals surface area contributed by atoms with Gasteiger partial charge in [0.2, 0.25) is 5.91 Å². The zero-order valence-corrected chi connectivity index (χ0v) is 22.1. The van der Waals surface area contributed by atoms with Crippen LogP contribution in [0.4, 0.5) is 10.5 Å². The predicted octanol–water partition coefficient (Wildman–Crippen LogP) is 1.93. The van der Waals surface area contributed by atoms with E-state index in [0.717, 1.165) is 0 Å². The number of non-ortho nitro benzene ring substituents is 1. The van der Waals surface area contributed by atoms with Gasteiger partial charge >= 0.3 is 12.1 Å². The van der Waals surface area contributed by atoms with E-state index in [1.165, 1.54) is 52.8 Å². The van der Waals surface area contributed by atoms with Crippen LogP contribution in [0.2, 0.25) is 0 Å². The van der Waals surface area contributed by atoms with Crippen LogP contribution in [-0.4, -0.2) is 92.4 Å². The minimum Gasteiger partial charge on any atom is -0.477 e. The third-order valence-corrected chi connectivity index (χ3v) is 9.11. The number of carboxylic acids is 1. The summed E-state index contributed by atoms with van der Waals surface area (Å²) in [5, 5.41) is 30.7. The smallest absolute Gasteiger partial charge is 0.410 e. The van der Waals surface area contributed by atoms with Gasteiger partial charge < -0.3 is 29.3 Å². The topological polar surface area (TPSA) is 169 Å². The number of nitro groups is 1. The van der Waals surface area contributed by atoms with Crippen LogP contribution in [0, 0.1) is 22.0 Å². The molecule has 6 atom stereocenters. The molecule has 0 aliphatic carbocycles. The van der Waals surface area contributed by atoms with Crippen LogP contribution >= 0.6 is 11.8 Å². The molecule has 0 spiro atoms. The van der Waals surface area contributed by atoms with Crippen LogP contribution < -0.4 is 0 Å². The van der Waals surface area contributed by atoms with Gasteiger partial charge in [0, 0.05) is 34.8 Å². The third kappa shape index (κ3) is 4.97. The number of benzene rings is 1. The molecule has 3 saturated heterocycles. The summed E-state index contributed by atoms with van der Waals surface area (Å²) in [5.74, 6) is -2.56. The van der Waals surface area contributed by atoms with Gasteiger partial charge in [0.25, 0.3) is 5.69 Å². The van der Waals surface area contributed by atoms with Crippen molar-refractivity contribution < 1.29 is 43.7 Å². The van der Waals surface area contributed by atoms with Crippen LogP contribution in [0.15, 0.2) is 34.9 Å². The van der Waals surface area contributed by atoms with Gasteiger partial charge in [-0.3, -0.25) is 19.8 Å². The standard InChI is InChI=1S/C25H29N3O10S/c1-12-19-18(13(2)29)22(30)27(19)20(23(31)32)21(12)39-16-9-17(24-36-7-8-37-24)26(10-16)25(33)38-11-14-3-5-15(6-4-14)28(34)35/h3-6,12-13,16-19,24,29H,7-11H2,1-2H3,(H,31,32)/t12-,13-,16+,17+,18-,19-/m1/s1. The number of rotatable bonds is 8. The highest BCUT2D eigenvalue weighted by Gasteiger charge is 2.60. The summed E-state index contributed by atoms with van der Waals surface area (Å²) in [6.07, 6.45) is -1.71. The van der Waals surface area contributed by atoms with Crippen molar-refractivity contribution in [3.8, 4) is 0 Å². The largest absolute Gasteiger partial charge is 0.477 e. The van der Waals surface area contributed by atoms with E-state index >= 15 is 0 Å². The van der Waals surface area contributed by atoms with Gasteiger partial charge in [-0.15, -0.1) is 11.8 Å². The molecule has 1 aromatic rings. The van der Waals surface area contributed by atoms with Crippen molar-refractivity contribution >= 4 is 35.4 Å². The lowest BCUT2D eigenvalue weighted by molar-refractivity contribution is -0.384. The SMILES string of the molecule is C[C@@H](O)[C@H]1C(=O)N2C(C(=O)O)=C(S[C@H]3C[C@@H](C4OCCO4)N(C(=O)OCc4ccc([N+](=O)[O-])cc4)C3)[C@H](C)[C@H]12. The van der Waals surface area contributed by atoms with E-state index in [4.69, 9.17) is 14.2 Å². The van der Waals surface area contributed by atoms with Gasteiger partial charge in [-0.2, -0.15) is 0 Å². The number of β-lactam (4-membered cyclic amide) rings is 1. The molecular formula is C25H29N3O10S. The van der Waals surface area contributed by atoms with Gasteiger partial charge in [0.05, 0.1) is 42.2 Å². The fourth-order valence-corrected chi connectivity index (χ4v) is 7.32. The normalized spacial score (nSPS) is 29.4. The molecule has 2 N–H and O–H groups in total. The van der Waals surface area contributed by atoms with Crippen molar-refractivity contribution in [3.05, 3.63) is 50.5 Å². The van der Waals surface area contributed by atoms with Crippen LogP contribution in [0.3, 0.4) is 0 Å². The minimum atomic E-state index is -1.21. The first-order valence-electron chi connectivity index (χ1n) is 12.6. The monoisotopic (exact) mass is 563 g/mol. The first-order chi connectivity index (χ1) is 18.6. The number of carbonyl (C=O) groups is 3. The van der Waals surface area contributed by atoms with E-state index in [-0.39, 0.29) is 35.7 Å². The number of hydrogen-bond acceptors (Lipinski definition) is 10. The van der Waals surface area contributed by atoms with E-state index in [9.17, 15) is 34.7 Å². The van der Waals surface area contributed by atoms with E-state index in [1.54, 1.807) is 0 Å². The summed E-state index contributed by atoms with van der Waals surface area (Å²) in [6.45, 7) is 4.30. The van der Waals surface area contributed by atoms with E-state index in [1.807, 2.05) is 6.92 Å². The van der Waals surface area contributed by atoms with Crippen molar-refractivity contribution in [2.45, 2.75) is 56.6 Å². The molecule has 4 heterocycles. The molecule has 0 radical (unpaired) electrons. The van der Waals surface area contributed by atoms with E-state index in [0.29, 0.717) is 30.1 Å². The summed E-state index contributed by atoms with van der Waals surface area (Å²) in [5.41, 5.74) is 0.452. The molecule has 0 saturated carbocycles. The average Bonchev–Trinajstić information content (AvgIpc) is 3.61. The molecule has 14 heteroatoms. The van der Waals surface area contributed by atoms with Gasteiger partial charge in [-0.25, -0.2) is 9.59 Å². The zero-order chi connectivity index (χ0) is 28.0. The second-order valence-electron chi connectivity index (χ2n) is 10.1. The maximum Gasteiger partial charge on any atom is 0.410 e. The molecule has 0 aromatic heterocycles. The average molecular weight is 564 g/mol. The highest BCUT2D eigenvalue weighted by molar-refractivity contribution is 8.03. The second kappa shape index (κ2) is 10.8. The van der Waals surface area contributed by atoms with E-state index < -0.39 is 53.3 Å². The lowest BCUT2D eigenvalue weighted by Crippen LogP contribution is -2.63. The minimum absolute atomic E-state index is 0.0662. The lowest BCUT2D eigenvalue weighted by Gasteiger charge is -2.46. The summed E-state index contributed by atoms with van der Waals surface area (Å²) < 4.78 is 16.9. The molecule has 4 aliphatic rings. The molecule has 0 bridgehead atoms. The number of amides is 2. The lowest BCUT2D eigenvalue weighted by atomic mass is 9.79. The molecule has 39 heavy (non-hydrogen) atoms. The zero-order valence-electron chi connectivity index (χ0n) is 21.3. The molecule has 4 aliphatic heterocycles. The Morgan fingerprint density at radius 2 is 1.92 bits per heavy atom. The first kappa shape index (κ1) is 27.4. The molecule has 2 amide bonds. The number of thioether (sulfide) groups is 1. The number of carbonyl (C=O) groups excluding carboxylic acids is 2. The Morgan fingerprint density at radius 3 is 2.51 bits per heavy atom. The summed E-state index contributed by atoms with van der Waals surface area (Å²) in [7, 11) is 0. The van der Waals surface area contributed by atoms with Crippen LogP contribution in [0.5, 0.6) is 0 Å². The van der Waals surface area contributed by atoms with Crippen LogP contribution in [0.1, 0.15) is 25.8 Å². The number of hydrogen-bond donors (Lipinski definition) is 2. The number of nitrogens with zero attached hydrogens (tertiary/aromatic N) is 3. The van der Waals surface area contributed by atoms with Crippen molar-refractivity contribution in [1.82, 2.24) is 9.80 Å². The fraction of sp³-hybridized carbons (Fsp3) is 0.560. The van der Waals surface area contributed by atoms with Gasteiger partial charge in [-0.1, -0.05) is 6.92 Å². The molecule has 0 unspecified atom stereocenters. The Hall–Kier alpha value is -3.20. The van der Waals surface area contributed by atoms with Crippen molar-refractivity contribution in [1.29, 1.82) is 0 Å². The second-order valence-corrected chi connectivity index (χ2v) is 11.4. The maximum atomic E-state index is 13.1. The number of aliphatic hydroxyl groups excluding tert-OH is 1. The number of fused-ring (bicyclic) bond motifs is 1. The molecule has 3 fully saturated rings. The molecule has 1 aromatic carbocycles. The number of nitro benzene ring substituents is 1. The first-order valence-corrected chi connectivity index (χ1v) is 13.5. The van der Waals surface area contributed by atoms with Gasteiger partial charge in [0.15, 0.2) is 6.29 Å². The predicted molar refractivity (Wildman–Crippen MR) is 135 cm³/mol. The Morgan fingerprint density at radius 1 is 1.26 bits per heavy atom. The summed E-state index contributed by atoms with van der Waals surface area (Å²) >= 11 is 1.32. The number of aliphatic hydroxyl groups is 1. The third-order valence-electron chi connectivity index (χ3n) is 7.62. The van der Waals surface area contributed by atoms with Crippen LogP contribution in [-0.2, 0) is 30.4 Å². The Bertz CT molecular complexity index is 1200. The highest BCUT2D eigenvalue weighted by Crippen LogP contribution is 2.52. The number of aliphatic carboxylic acids is 1. The number of carboxylic acid groups (broad SMARTS) is 1. The summed E-state index contributed by atoms with van der Waals surface area (Å²) in [4.78, 5) is 51.7. The van der Waals surface area contributed by atoms with Gasteiger partial charge in [-0.05, 0) is 31.0 Å². The number of ether oxygens (including phenoxy) is 3. The quantitative estimate of drug-likeness (QED) is 0.269. The van der Waals surface area contributed by atoms with Crippen molar-refractivity contribution in [2.75, 3.05) is 19.8 Å². The van der Waals surface area contributed by atoms with E-state index in [2.05, 4.69) is 0 Å². The Labute approximate surface area is 227 Å². The number of likely N-dealkylation sites (tertiary alicyclic amines) is 1. The van der Waals surface area contributed by atoms with Crippen molar-refractivity contribution in [2.24, 2.45) is 11.8 Å². The fourth-order valence-electron chi connectivity index (χ4n) is 5.78. The molecule has 13 nitrogen and oxygen atoms in total. The highest BCUT2D eigenvalue weighted by atomic mass is 32.2. The maximum absolute atomic E-state index is 13.1. The Balaban J connectivity index is 1.31.